The van der Waals surface area contributed by atoms with Gasteiger partial charge in [0.25, 0.3) is 0 Å². The van der Waals surface area contributed by atoms with Crippen LogP contribution in [0.25, 0.3) is 0 Å². The summed E-state index contributed by atoms with van der Waals surface area (Å²) in [6.07, 6.45) is 0. The van der Waals surface area contributed by atoms with Crippen LogP contribution in [0.1, 0.15) is 29.7 Å². The molecule has 0 unspecified atom stereocenters. The SMILES string of the molecule is CC(=O)N[C@H](C(=O)NCc1cccc(CN)c1)c1ccccc1.O.[V]. The van der Waals surface area contributed by atoms with Gasteiger partial charge in [-0.2, -0.15) is 0 Å². The Bertz CT molecular complexity index is 680. The number of carbonyl (C=O) groups excluding carboxylic acids is 2. The van der Waals surface area contributed by atoms with Crippen molar-refractivity contribution in [3.63, 3.8) is 0 Å². The average Bonchev–Trinajstić information content (AvgIpc) is 2.58. The number of carbonyl (C=O) groups is 2. The number of hydrogen-bond acceptors (Lipinski definition) is 3. The Morgan fingerprint density at radius 2 is 1.68 bits per heavy atom. The molecule has 1 atom stereocenters. The number of nitrogens with one attached hydrogen (secondary N) is 2. The van der Waals surface area contributed by atoms with E-state index in [0.717, 1.165) is 16.7 Å². The number of hydrogen-bond donors (Lipinski definition) is 3. The van der Waals surface area contributed by atoms with Crippen molar-refractivity contribution in [1.82, 2.24) is 10.6 Å². The Morgan fingerprint density at radius 3 is 2.28 bits per heavy atom. The van der Waals surface area contributed by atoms with Crippen LogP contribution in [-0.2, 0) is 41.2 Å². The summed E-state index contributed by atoms with van der Waals surface area (Å²) in [5.74, 6) is -0.497. The summed E-state index contributed by atoms with van der Waals surface area (Å²) in [7, 11) is 0. The Balaban J connectivity index is 0.00000288. The minimum absolute atomic E-state index is 0. The summed E-state index contributed by atoms with van der Waals surface area (Å²) in [6.45, 7) is 2.24. The van der Waals surface area contributed by atoms with E-state index >= 15 is 0 Å². The zero-order valence-corrected chi connectivity index (χ0v) is 15.4. The van der Waals surface area contributed by atoms with E-state index in [2.05, 4.69) is 10.6 Å². The molecule has 25 heavy (non-hydrogen) atoms. The van der Waals surface area contributed by atoms with Gasteiger partial charge in [-0.1, -0.05) is 54.6 Å². The van der Waals surface area contributed by atoms with Crippen LogP contribution in [0.5, 0.6) is 0 Å². The quantitative estimate of drug-likeness (QED) is 0.689. The summed E-state index contributed by atoms with van der Waals surface area (Å²) in [4.78, 5) is 23.8. The van der Waals surface area contributed by atoms with Gasteiger partial charge < -0.3 is 21.8 Å². The molecular formula is C18H23N3O3V. The molecule has 0 heterocycles. The van der Waals surface area contributed by atoms with Gasteiger partial charge in [0, 0.05) is 38.6 Å². The molecule has 6 N–H and O–H groups in total. The minimum atomic E-state index is -0.702. The van der Waals surface area contributed by atoms with Gasteiger partial charge >= 0.3 is 0 Å². The molecule has 1 radical (unpaired) electrons. The maximum Gasteiger partial charge on any atom is 0.247 e. The first-order valence-corrected chi connectivity index (χ1v) is 7.48. The first-order valence-electron chi connectivity index (χ1n) is 7.48. The molecule has 0 aliphatic carbocycles. The fourth-order valence-electron chi connectivity index (χ4n) is 2.31. The van der Waals surface area contributed by atoms with E-state index in [1.807, 2.05) is 54.6 Å². The van der Waals surface area contributed by atoms with Gasteiger partial charge in [-0.25, -0.2) is 0 Å². The van der Waals surface area contributed by atoms with Crippen LogP contribution in [0.3, 0.4) is 0 Å². The molecule has 7 heteroatoms. The van der Waals surface area contributed by atoms with E-state index in [0.29, 0.717) is 13.1 Å². The maximum absolute atomic E-state index is 12.5. The number of rotatable bonds is 6. The third-order valence-corrected chi connectivity index (χ3v) is 3.44. The number of amides is 2. The van der Waals surface area contributed by atoms with E-state index < -0.39 is 6.04 Å². The second kappa shape index (κ2) is 11.4. The Morgan fingerprint density at radius 1 is 1.04 bits per heavy atom. The van der Waals surface area contributed by atoms with Crippen molar-refractivity contribution in [1.29, 1.82) is 0 Å². The van der Waals surface area contributed by atoms with E-state index in [1.165, 1.54) is 6.92 Å². The predicted molar refractivity (Wildman–Crippen MR) is 92.8 cm³/mol. The Hall–Kier alpha value is -2.12. The molecular weight excluding hydrogens is 357 g/mol. The maximum atomic E-state index is 12.5. The largest absolute Gasteiger partial charge is 0.412 e. The predicted octanol–water partition coefficient (Wildman–Crippen LogP) is 0.812. The summed E-state index contributed by atoms with van der Waals surface area (Å²) in [5, 5.41) is 5.54. The fourth-order valence-corrected chi connectivity index (χ4v) is 2.31. The topological polar surface area (TPSA) is 116 Å². The smallest absolute Gasteiger partial charge is 0.247 e. The van der Waals surface area contributed by atoms with Gasteiger partial charge in [-0.15, -0.1) is 0 Å². The zero-order chi connectivity index (χ0) is 16.7. The van der Waals surface area contributed by atoms with Crippen LogP contribution in [0, 0.1) is 0 Å². The third kappa shape index (κ3) is 7.11. The molecule has 0 spiro atoms. The van der Waals surface area contributed by atoms with Gasteiger partial charge in [0.05, 0.1) is 0 Å². The van der Waals surface area contributed by atoms with Crippen LogP contribution in [0.4, 0.5) is 0 Å². The van der Waals surface area contributed by atoms with E-state index in [1.54, 1.807) is 0 Å². The molecule has 0 bridgehead atoms. The summed E-state index contributed by atoms with van der Waals surface area (Å²) >= 11 is 0. The zero-order valence-electron chi connectivity index (χ0n) is 14.0. The van der Waals surface area contributed by atoms with Crippen molar-refractivity contribution in [3.8, 4) is 0 Å². The van der Waals surface area contributed by atoms with Crippen molar-refractivity contribution in [3.05, 3.63) is 71.3 Å². The van der Waals surface area contributed by atoms with Crippen LogP contribution in [0.2, 0.25) is 0 Å². The molecule has 0 fully saturated rings. The molecule has 0 saturated heterocycles. The van der Waals surface area contributed by atoms with E-state index in [4.69, 9.17) is 5.73 Å². The molecule has 2 aromatic rings. The third-order valence-electron chi connectivity index (χ3n) is 3.44. The van der Waals surface area contributed by atoms with Crippen LogP contribution in [-0.4, -0.2) is 17.3 Å². The summed E-state index contributed by atoms with van der Waals surface area (Å²) in [6, 6.07) is 16.2. The molecule has 0 aliphatic rings. The Kier molecular flexibility index (Phi) is 10.5. The van der Waals surface area contributed by atoms with E-state index in [-0.39, 0.29) is 35.8 Å². The van der Waals surface area contributed by atoms with Crippen LogP contribution < -0.4 is 16.4 Å². The van der Waals surface area contributed by atoms with Gasteiger partial charge in [0.15, 0.2) is 0 Å². The fraction of sp³-hybridized carbons (Fsp3) is 0.222. The first-order chi connectivity index (χ1) is 11.1. The monoisotopic (exact) mass is 380 g/mol. The second-order valence-corrected chi connectivity index (χ2v) is 5.29. The summed E-state index contributed by atoms with van der Waals surface area (Å²) < 4.78 is 0. The van der Waals surface area contributed by atoms with Crippen molar-refractivity contribution >= 4 is 11.8 Å². The number of nitrogens with two attached hydrogens (primary N) is 1. The minimum Gasteiger partial charge on any atom is -0.412 e. The van der Waals surface area contributed by atoms with Gasteiger partial charge in [0.2, 0.25) is 11.8 Å². The van der Waals surface area contributed by atoms with E-state index in [9.17, 15) is 9.59 Å². The van der Waals surface area contributed by atoms with Crippen molar-refractivity contribution in [2.24, 2.45) is 5.73 Å². The van der Waals surface area contributed by atoms with Crippen LogP contribution in [0.15, 0.2) is 54.6 Å². The molecule has 133 valence electrons. The normalized spacial score (nSPS) is 10.6. The van der Waals surface area contributed by atoms with Crippen molar-refractivity contribution in [2.45, 2.75) is 26.1 Å². The molecule has 0 aliphatic heterocycles. The molecule has 6 nitrogen and oxygen atoms in total. The standard InChI is InChI=1S/C18H21N3O2.H2O.V/c1-13(22)21-17(16-8-3-2-4-9-16)18(23)20-12-15-7-5-6-14(10-15)11-19;;/h2-10,17H,11-12,19H2,1H3,(H,20,23)(H,21,22);1H2;/t17-;;/m0../s1. The van der Waals surface area contributed by atoms with Crippen molar-refractivity contribution in [2.75, 3.05) is 0 Å². The van der Waals surface area contributed by atoms with Gasteiger partial charge in [0.1, 0.15) is 6.04 Å². The Labute approximate surface area is 159 Å². The molecule has 2 rings (SSSR count). The number of benzene rings is 2. The van der Waals surface area contributed by atoms with Crippen molar-refractivity contribution < 1.29 is 33.6 Å². The summed E-state index contributed by atoms with van der Waals surface area (Å²) in [5.41, 5.74) is 8.35. The molecule has 0 aromatic heterocycles. The van der Waals surface area contributed by atoms with Gasteiger partial charge in [-0.3, -0.25) is 9.59 Å². The molecule has 2 aromatic carbocycles. The average molecular weight is 380 g/mol. The van der Waals surface area contributed by atoms with Crippen LogP contribution >= 0.6 is 0 Å². The first kappa shape index (κ1) is 22.9. The van der Waals surface area contributed by atoms with Gasteiger partial charge in [-0.05, 0) is 16.7 Å². The second-order valence-electron chi connectivity index (χ2n) is 5.29. The molecule has 0 saturated carbocycles. The molecule has 2 amide bonds.